The van der Waals surface area contributed by atoms with E-state index in [0.29, 0.717) is 11.8 Å². The topological polar surface area (TPSA) is 60.0 Å². The van der Waals surface area contributed by atoms with E-state index in [-0.39, 0.29) is 0 Å². The second-order valence-electron chi connectivity index (χ2n) is 5.78. The van der Waals surface area contributed by atoms with Crippen molar-refractivity contribution in [3.8, 4) is 0 Å². The largest absolute Gasteiger partial charge is 0.340 e. The molecule has 6 heteroatoms. The first kappa shape index (κ1) is 14.3. The Morgan fingerprint density at radius 3 is 3.10 bits per heavy atom. The highest BCUT2D eigenvalue weighted by Gasteiger charge is 2.25. The Morgan fingerprint density at radius 1 is 1.43 bits per heavy atom. The highest BCUT2D eigenvalue weighted by molar-refractivity contribution is 5.00. The Labute approximate surface area is 125 Å². The van der Waals surface area contributed by atoms with Crippen molar-refractivity contribution in [2.45, 2.75) is 52.1 Å². The fourth-order valence-electron chi connectivity index (χ4n) is 3.03. The van der Waals surface area contributed by atoms with Crippen LogP contribution >= 0.6 is 0 Å². The second-order valence-corrected chi connectivity index (χ2v) is 5.78. The van der Waals surface area contributed by atoms with Gasteiger partial charge in [-0.15, -0.1) is 0 Å². The monoisotopic (exact) mass is 289 g/mol. The van der Waals surface area contributed by atoms with Crippen LogP contribution in [0.4, 0.5) is 0 Å². The van der Waals surface area contributed by atoms with Crippen LogP contribution in [-0.2, 0) is 13.1 Å². The van der Waals surface area contributed by atoms with Crippen LogP contribution in [0.2, 0.25) is 0 Å². The molecule has 1 aliphatic heterocycles. The zero-order valence-electron chi connectivity index (χ0n) is 12.8. The van der Waals surface area contributed by atoms with Gasteiger partial charge in [-0.2, -0.15) is 4.98 Å². The number of imidazole rings is 1. The average Bonchev–Trinajstić information content (AvgIpc) is 3.10. The summed E-state index contributed by atoms with van der Waals surface area (Å²) >= 11 is 0. The van der Waals surface area contributed by atoms with Crippen molar-refractivity contribution in [3.05, 3.63) is 29.9 Å². The zero-order valence-corrected chi connectivity index (χ0v) is 12.8. The van der Waals surface area contributed by atoms with Crippen LogP contribution in [-0.4, -0.2) is 37.7 Å². The van der Waals surface area contributed by atoms with Crippen LogP contribution in [0.15, 0.2) is 16.9 Å². The molecule has 1 fully saturated rings. The van der Waals surface area contributed by atoms with E-state index in [1.54, 1.807) is 0 Å². The first-order valence-electron chi connectivity index (χ1n) is 7.79. The zero-order chi connectivity index (χ0) is 14.7. The average molecular weight is 289 g/mol. The Balaban J connectivity index is 1.64. The summed E-state index contributed by atoms with van der Waals surface area (Å²) in [6.45, 7) is 8.08. The second kappa shape index (κ2) is 6.39. The van der Waals surface area contributed by atoms with Crippen molar-refractivity contribution in [2.24, 2.45) is 0 Å². The van der Waals surface area contributed by atoms with E-state index in [1.165, 1.54) is 6.42 Å². The lowest BCUT2D eigenvalue weighted by Crippen LogP contribution is -2.35. The predicted molar refractivity (Wildman–Crippen MR) is 78.8 cm³/mol. The molecule has 0 aliphatic carbocycles. The summed E-state index contributed by atoms with van der Waals surface area (Å²) in [7, 11) is 0. The van der Waals surface area contributed by atoms with Crippen molar-refractivity contribution in [1.29, 1.82) is 0 Å². The van der Waals surface area contributed by atoms with Crippen LogP contribution in [0.5, 0.6) is 0 Å². The molecular formula is C15H23N5O. The van der Waals surface area contributed by atoms with E-state index >= 15 is 0 Å². The molecule has 2 aromatic rings. The molecule has 6 nitrogen and oxygen atoms in total. The van der Waals surface area contributed by atoms with Gasteiger partial charge in [0.05, 0.1) is 6.54 Å². The molecule has 21 heavy (non-hydrogen) atoms. The van der Waals surface area contributed by atoms with Gasteiger partial charge in [-0.1, -0.05) is 12.1 Å². The maximum absolute atomic E-state index is 5.11. The number of rotatable bonds is 5. The summed E-state index contributed by atoms with van der Waals surface area (Å²) in [6.07, 6.45) is 7.41. The molecule has 0 saturated carbocycles. The number of hydrogen-bond donors (Lipinski definition) is 0. The smallest absolute Gasteiger partial charge is 0.223 e. The summed E-state index contributed by atoms with van der Waals surface area (Å²) < 4.78 is 7.37. The van der Waals surface area contributed by atoms with E-state index in [9.17, 15) is 0 Å². The normalized spacial score (nSPS) is 20.0. The van der Waals surface area contributed by atoms with E-state index in [1.807, 2.05) is 13.1 Å². The molecule has 0 spiro atoms. The van der Waals surface area contributed by atoms with Gasteiger partial charge in [0.25, 0.3) is 0 Å². The van der Waals surface area contributed by atoms with Gasteiger partial charge in [0.1, 0.15) is 5.82 Å². The van der Waals surface area contributed by atoms with Crippen LogP contribution < -0.4 is 0 Å². The minimum atomic E-state index is 0.380. The van der Waals surface area contributed by atoms with E-state index < -0.39 is 0 Å². The van der Waals surface area contributed by atoms with Gasteiger partial charge in [-0.3, -0.25) is 4.90 Å². The quantitative estimate of drug-likeness (QED) is 0.845. The van der Waals surface area contributed by atoms with Crippen LogP contribution in [0.1, 0.15) is 49.6 Å². The van der Waals surface area contributed by atoms with Crippen LogP contribution in [0.25, 0.3) is 0 Å². The Kier molecular flexibility index (Phi) is 4.34. The Morgan fingerprint density at radius 2 is 2.33 bits per heavy atom. The predicted octanol–water partition coefficient (Wildman–Crippen LogP) is 2.36. The van der Waals surface area contributed by atoms with Crippen molar-refractivity contribution in [3.63, 3.8) is 0 Å². The molecule has 1 aliphatic rings. The molecule has 0 amide bonds. The fraction of sp³-hybridized carbons (Fsp3) is 0.667. The molecule has 0 unspecified atom stereocenters. The van der Waals surface area contributed by atoms with E-state index in [2.05, 4.69) is 37.7 Å². The number of likely N-dealkylation sites (tertiary alicyclic amines) is 1. The standard InChI is InChI=1S/C15H23N5O/c1-3-7-20-9-6-16-14(20)11-19-8-4-5-13(10-19)15-17-12(2)21-18-15/h6,9,13H,3-5,7-8,10-11H2,1-2H3/t13-/m1/s1. The molecule has 114 valence electrons. The minimum Gasteiger partial charge on any atom is -0.340 e. The first-order valence-corrected chi connectivity index (χ1v) is 7.79. The molecule has 3 rings (SSSR count). The Bertz CT molecular complexity index is 576. The molecule has 0 radical (unpaired) electrons. The van der Waals surface area contributed by atoms with Crippen molar-refractivity contribution in [2.75, 3.05) is 13.1 Å². The summed E-state index contributed by atoms with van der Waals surface area (Å²) in [5, 5.41) is 4.08. The van der Waals surface area contributed by atoms with Crippen LogP contribution in [0, 0.1) is 6.92 Å². The summed E-state index contributed by atoms with van der Waals surface area (Å²) in [4.78, 5) is 11.3. The third-order valence-corrected chi connectivity index (χ3v) is 4.05. The molecule has 3 heterocycles. The highest BCUT2D eigenvalue weighted by atomic mass is 16.5. The number of aromatic nitrogens is 4. The first-order chi connectivity index (χ1) is 10.3. The van der Waals surface area contributed by atoms with E-state index in [0.717, 1.165) is 50.7 Å². The maximum atomic E-state index is 5.11. The summed E-state index contributed by atoms with van der Waals surface area (Å²) in [5.74, 6) is 3.04. The van der Waals surface area contributed by atoms with Gasteiger partial charge in [0.2, 0.25) is 5.89 Å². The minimum absolute atomic E-state index is 0.380. The van der Waals surface area contributed by atoms with E-state index in [4.69, 9.17) is 4.52 Å². The molecule has 0 aromatic carbocycles. The number of nitrogens with zero attached hydrogens (tertiary/aromatic N) is 5. The molecule has 0 bridgehead atoms. The van der Waals surface area contributed by atoms with Crippen molar-refractivity contribution < 1.29 is 4.52 Å². The van der Waals surface area contributed by atoms with Gasteiger partial charge in [0.15, 0.2) is 5.82 Å². The lowest BCUT2D eigenvalue weighted by Gasteiger charge is -2.30. The third kappa shape index (κ3) is 3.32. The molecule has 1 atom stereocenters. The maximum Gasteiger partial charge on any atom is 0.223 e. The number of aryl methyl sites for hydroxylation is 2. The Hall–Kier alpha value is -1.69. The molecule has 1 saturated heterocycles. The SMILES string of the molecule is CCCn1ccnc1CN1CCC[C@@H](c2noc(C)n2)C1. The lowest BCUT2D eigenvalue weighted by atomic mass is 9.97. The van der Waals surface area contributed by atoms with Crippen molar-refractivity contribution in [1.82, 2.24) is 24.6 Å². The summed E-state index contributed by atoms with van der Waals surface area (Å²) in [6, 6.07) is 0. The molecular weight excluding hydrogens is 266 g/mol. The highest BCUT2D eigenvalue weighted by Crippen LogP contribution is 2.25. The number of piperidine rings is 1. The van der Waals surface area contributed by atoms with Crippen molar-refractivity contribution >= 4 is 0 Å². The number of hydrogen-bond acceptors (Lipinski definition) is 5. The van der Waals surface area contributed by atoms with Gasteiger partial charge in [0, 0.05) is 38.3 Å². The third-order valence-electron chi connectivity index (χ3n) is 4.05. The van der Waals surface area contributed by atoms with Gasteiger partial charge < -0.3 is 9.09 Å². The molecule has 2 aromatic heterocycles. The fourth-order valence-corrected chi connectivity index (χ4v) is 3.03. The summed E-state index contributed by atoms with van der Waals surface area (Å²) in [5.41, 5.74) is 0. The van der Waals surface area contributed by atoms with Gasteiger partial charge in [-0.05, 0) is 25.8 Å². The van der Waals surface area contributed by atoms with Crippen LogP contribution in [0.3, 0.4) is 0 Å². The van der Waals surface area contributed by atoms with Gasteiger partial charge in [-0.25, -0.2) is 4.98 Å². The van der Waals surface area contributed by atoms with Gasteiger partial charge >= 0.3 is 0 Å². The lowest BCUT2D eigenvalue weighted by molar-refractivity contribution is 0.188. The molecule has 0 N–H and O–H groups in total.